The summed E-state index contributed by atoms with van der Waals surface area (Å²) in [5, 5.41) is 12.8. The lowest BCUT2D eigenvalue weighted by Gasteiger charge is -2.19. The van der Waals surface area contributed by atoms with Crippen molar-refractivity contribution in [1.29, 1.82) is 0 Å². The molecule has 14 heavy (non-hydrogen) atoms. The molecule has 0 spiro atoms. The van der Waals surface area contributed by atoms with E-state index in [1.807, 2.05) is 6.92 Å². The molecule has 1 rings (SSSR count). The lowest BCUT2D eigenvalue weighted by molar-refractivity contribution is 0.0897. The fourth-order valence-electron chi connectivity index (χ4n) is 1.83. The zero-order chi connectivity index (χ0) is 10.4. The molecule has 1 saturated heterocycles. The first-order valence-electron chi connectivity index (χ1n) is 5.40. The number of nitrogens with one attached hydrogen (secondary N) is 1. The Hall–Kier alpha value is -0.160. The van der Waals surface area contributed by atoms with Crippen LogP contribution in [0.3, 0.4) is 0 Å². The molecule has 0 bridgehead atoms. The molecule has 84 valence electrons. The molecule has 2 atom stereocenters. The predicted octanol–water partition coefficient (Wildman–Crippen LogP) is -0.322. The van der Waals surface area contributed by atoms with Crippen molar-refractivity contribution in [2.45, 2.75) is 25.6 Å². The molecule has 0 radical (unpaired) electrons. The maximum Gasteiger partial charge on any atom is 0.0791 e. The summed E-state index contributed by atoms with van der Waals surface area (Å²) in [5.74, 6) is 0. The molecule has 0 aromatic carbocycles. The first-order chi connectivity index (χ1) is 6.76. The summed E-state index contributed by atoms with van der Waals surface area (Å²) in [6.07, 6.45) is 1.19. The molecule has 0 saturated carbocycles. The van der Waals surface area contributed by atoms with Gasteiger partial charge in [-0.25, -0.2) is 0 Å². The number of aliphatic hydroxyl groups is 1. The van der Waals surface area contributed by atoms with Crippen molar-refractivity contribution in [3.63, 3.8) is 0 Å². The summed E-state index contributed by atoms with van der Waals surface area (Å²) in [7, 11) is 1.75. The van der Waals surface area contributed by atoms with Gasteiger partial charge in [0, 0.05) is 33.3 Å². The Labute approximate surface area is 86.2 Å². The summed E-state index contributed by atoms with van der Waals surface area (Å²) in [5.41, 5.74) is 0. The van der Waals surface area contributed by atoms with E-state index in [0.717, 1.165) is 32.6 Å². The number of aliphatic hydroxyl groups excluding tert-OH is 1. The van der Waals surface area contributed by atoms with Crippen LogP contribution in [0.2, 0.25) is 0 Å². The van der Waals surface area contributed by atoms with Gasteiger partial charge < -0.3 is 15.2 Å². The van der Waals surface area contributed by atoms with E-state index in [1.165, 1.54) is 0 Å². The highest BCUT2D eigenvalue weighted by atomic mass is 16.5. The average Bonchev–Trinajstić information content (AvgIpc) is 2.62. The third kappa shape index (κ3) is 3.92. The van der Waals surface area contributed by atoms with E-state index in [4.69, 9.17) is 4.74 Å². The first-order valence-corrected chi connectivity index (χ1v) is 5.40. The van der Waals surface area contributed by atoms with E-state index in [9.17, 15) is 5.11 Å². The maximum absolute atomic E-state index is 9.65. The van der Waals surface area contributed by atoms with Crippen molar-refractivity contribution < 1.29 is 9.84 Å². The SMILES string of the molecule is CCNCC(O)CN1CCC(OC)C1. The molecule has 4 heteroatoms. The van der Waals surface area contributed by atoms with Crippen LogP contribution in [0.4, 0.5) is 0 Å². The molecule has 2 N–H and O–H groups in total. The Kier molecular flexibility index (Phi) is 5.40. The fraction of sp³-hybridized carbons (Fsp3) is 1.00. The molecule has 0 aromatic heterocycles. The van der Waals surface area contributed by atoms with Crippen molar-refractivity contribution >= 4 is 0 Å². The Morgan fingerprint density at radius 3 is 3.00 bits per heavy atom. The summed E-state index contributed by atoms with van der Waals surface area (Å²) >= 11 is 0. The van der Waals surface area contributed by atoms with Crippen LogP contribution in [0.5, 0.6) is 0 Å². The van der Waals surface area contributed by atoms with Crippen LogP contribution >= 0.6 is 0 Å². The molecule has 1 aliphatic rings. The van der Waals surface area contributed by atoms with Gasteiger partial charge >= 0.3 is 0 Å². The van der Waals surface area contributed by atoms with E-state index in [0.29, 0.717) is 12.6 Å². The van der Waals surface area contributed by atoms with Gasteiger partial charge in [-0.05, 0) is 13.0 Å². The molecule has 1 fully saturated rings. The van der Waals surface area contributed by atoms with Crippen molar-refractivity contribution in [3.8, 4) is 0 Å². The molecule has 1 aliphatic heterocycles. The minimum absolute atomic E-state index is 0.259. The molecule has 2 unspecified atom stereocenters. The normalized spacial score (nSPS) is 25.5. The highest BCUT2D eigenvalue weighted by Gasteiger charge is 2.23. The van der Waals surface area contributed by atoms with Crippen molar-refractivity contribution in [3.05, 3.63) is 0 Å². The summed E-state index contributed by atoms with van der Waals surface area (Å²) in [4.78, 5) is 2.26. The molecule has 4 nitrogen and oxygen atoms in total. The Balaban J connectivity index is 2.12. The van der Waals surface area contributed by atoms with Gasteiger partial charge in [0.15, 0.2) is 0 Å². The highest BCUT2D eigenvalue weighted by Crippen LogP contribution is 2.11. The lowest BCUT2D eigenvalue weighted by atomic mass is 10.3. The van der Waals surface area contributed by atoms with Crippen molar-refractivity contribution in [2.24, 2.45) is 0 Å². The molecular weight excluding hydrogens is 180 g/mol. The van der Waals surface area contributed by atoms with Gasteiger partial charge in [-0.3, -0.25) is 4.90 Å². The van der Waals surface area contributed by atoms with Crippen LogP contribution in [0.15, 0.2) is 0 Å². The van der Waals surface area contributed by atoms with E-state index >= 15 is 0 Å². The van der Waals surface area contributed by atoms with Crippen molar-refractivity contribution in [1.82, 2.24) is 10.2 Å². The molecule has 0 aromatic rings. The molecular formula is C10H22N2O2. The van der Waals surface area contributed by atoms with Crippen LogP contribution in [0, 0.1) is 0 Å². The van der Waals surface area contributed by atoms with E-state index in [-0.39, 0.29) is 6.10 Å². The van der Waals surface area contributed by atoms with Gasteiger partial charge in [0.2, 0.25) is 0 Å². The first kappa shape index (κ1) is 11.9. The summed E-state index contributed by atoms with van der Waals surface area (Å²) < 4.78 is 5.27. The standard InChI is InChI=1S/C10H22N2O2/c1-3-11-6-9(13)7-12-5-4-10(8-12)14-2/h9-11,13H,3-8H2,1-2H3. The number of rotatable bonds is 6. The third-order valence-corrected chi connectivity index (χ3v) is 2.66. The average molecular weight is 202 g/mol. The van der Waals surface area contributed by atoms with Crippen LogP contribution in [0.25, 0.3) is 0 Å². The number of ether oxygens (including phenoxy) is 1. The van der Waals surface area contributed by atoms with E-state index in [1.54, 1.807) is 7.11 Å². The fourth-order valence-corrected chi connectivity index (χ4v) is 1.83. The van der Waals surface area contributed by atoms with Crippen LogP contribution in [-0.2, 0) is 4.74 Å². The van der Waals surface area contributed by atoms with Gasteiger partial charge in [-0.1, -0.05) is 6.92 Å². The second kappa shape index (κ2) is 6.35. The van der Waals surface area contributed by atoms with Crippen molar-refractivity contribution in [2.75, 3.05) is 39.8 Å². The Morgan fingerprint density at radius 2 is 2.43 bits per heavy atom. The lowest BCUT2D eigenvalue weighted by Crippen LogP contribution is -2.37. The van der Waals surface area contributed by atoms with Gasteiger partial charge in [0.05, 0.1) is 12.2 Å². The van der Waals surface area contributed by atoms with Crippen LogP contribution in [0.1, 0.15) is 13.3 Å². The maximum atomic E-state index is 9.65. The number of hydrogen-bond donors (Lipinski definition) is 2. The second-order valence-electron chi connectivity index (χ2n) is 3.87. The Morgan fingerprint density at radius 1 is 1.64 bits per heavy atom. The summed E-state index contributed by atoms with van der Waals surface area (Å²) in [6, 6.07) is 0. The minimum Gasteiger partial charge on any atom is -0.390 e. The summed E-state index contributed by atoms with van der Waals surface area (Å²) in [6.45, 7) is 6.40. The highest BCUT2D eigenvalue weighted by molar-refractivity contribution is 4.78. The smallest absolute Gasteiger partial charge is 0.0791 e. The van der Waals surface area contributed by atoms with Gasteiger partial charge in [-0.15, -0.1) is 0 Å². The predicted molar refractivity (Wildman–Crippen MR) is 56.4 cm³/mol. The van der Waals surface area contributed by atoms with E-state index in [2.05, 4.69) is 10.2 Å². The van der Waals surface area contributed by atoms with Crippen LogP contribution < -0.4 is 5.32 Å². The molecule has 1 heterocycles. The third-order valence-electron chi connectivity index (χ3n) is 2.66. The number of likely N-dealkylation sites (N-methyl/N-ethyl adjacent to an activating group) is 1. The number of nitrogens with zero attached hydrogens (tertiary/aromatic N) is 1. The molecule has 0 aliphatic carbocycles. The van der Waals surface area contributed by atoms with Gasteiger partial charge in [0.1, 0.15) is 0 Å². The molecule has 0 amide bonds. The topological polar surface area (TPSA) is 44.7 Å². The zero-order valence-electron chi connectivity index (χ0n) is 9.20. The number of β-amino-alcohol motifs (C(OH)–C–C–N with tert-alkyl or cyclic N) is 1. The zero-order valence-corrected chi connectivity index (χ0v) is 9.20. The number of methoxy groups -OCH3 is 1. The monoisotopic (exact) mass is 202 g/mol. The number of hydrogen-bond acceptors (Lipinski definition) is 4. The minimum atomic E-state index is -0.259. The number of likely N-dealkylation sites (tertiary alicyclic amines) is 1. The quantitative estimate of drug-likeness (QED) is 0.619. The van der Waals surface area contributed by atoms with Crippen LogP contribution in [-0.4, -0.2) is 62.0 Å². The Bertz CT molecular complexity index is 155. The van der Waals surface area contributed by atoms with Gasteiger partial charge in [-0.2, -0.15) is 0 Å². The second-order valence-corrected chi connectivity index (χ2v) is 3.87. The van der Waals surface area contributed by atoms with E-state index < -0.39 is 0 Å². The largest absolute Gasteiger partial charge is 0.390 e. The van der Waals surface area contributed by atoms with Gasteiger partial charge in [0.25, 0.3) is 0 Å².